The Hall–Kier alpha value is -3.42. The van der Waals surface area contributed by atoms with Gasteiger partial charge in [-0.1, -0.05) is 18.2 Å². The standard InChI is InChI=1S/C17H17N3O5/c1-3-24-17-15(25-12(2)21)10-9-13(16(17)20(22)23)11-18-19-14-7-5-4-6-8-14/h4-11,19H,3H2,1-2H3. The van der Waals surface area contributed by atoms with Crippen LogP contribution in [0.1, 0.15) is 19.4 Å². The molecule has 0 aromatic heterocycles. The van der Waals surface area contributed by atoms with E-state index in [0.717, 1.165) is 5.69 Å². The highest BCUT2D eigenvalue weighted by Gasteiger charge is 2.25. The number of para-hydroxylation sites is 1. The summed E-state index contributed by atoms with van der Waals surface area (Å²) in [6, 6.07) is 12.0. The number of esters is 1. The molecule has 0 bridgehead atoms. The van der Waals surface area contributed by atoms with Crippen molar-refractivity contribution < 1.29 is 19.2 Å². The fourth-order valence-corrected chi connectivity index (χ4v) is 2.07. The average Bonchev–Trinajstić information content (AvgIpc) is 2.57. The number of carbonyl (C=O) groups excluding carboxylic acids is 1. The average molecular weight is 343 g/mol. The molecule has 0 saturated carbocycles. The van der Waals surface area contributed by atoms with Gasteiger partial charge in [0.05, 0.1) is 29.0 Å². The van der Waals surface area contributed by atoms with Crippen molar-refractivity contribution in [2.75, 3.05) is 12.0 Å². The Morgan fingerprint density at radius 1 is 1.28 bits per heavy atom. The number of nitrogens with zero attached hydrogens (tertiary/aromatic N) is 2. The van der Waals surface area contributed by atoms with E-state index in [2.05, 4.69) is 10.5 Å². The first-order chi connectivity index (χ1) is 12.0. The van der Waals surface area contributed by atoms with E-state index in [0.29, 0.717) is 0 Å². The Balaban J connectivity index is 2.38. The van der Waals surface area contributed by atoms with Crippen LogP contribution in [0.4, 0.5) is 11.4 Å². The van der Waals surface area contributed by atoms with Crippen molar-refractivity contribution in [1.29, 1.82) is 0 Å². The molecular weight excluding hydrogens is 326 g/mol. The molecule has 0 heterocycles. The molecule has 0 atom stereocenters. The Morgan fingerprint density at radius 2 is 2.00 bits per heavy atom. The van der Waals surface area contributed by atoms with Crippen LogP contribution in [0.25, 0.3) is 0 Å². The molecule has 8 nitrogen and oxygen atoms in total. The summed E-state index contributed by atoms with van der Waals surface area (Å²) in [5.74, 6) is -0.706. The number of rotatable bonds is 7. The minimum atomic E-state index is -0.595. The third-order valence-corrected chi connectivity index (χ3v) is 3.02. The van der Waals surface area contributed by atoms with Gasteiger partial charge in [0.2, 0.25) is 5.75 Å². The molecule has 8 heteroatoms. The van der Waals surface area contributed by atoms with Gasteiger partial charge >= 0.3 is 11.7 Å². The maximum Gasteiger partial charge on any atom is 0.323 e. The minimum absolute atomic E-state index is 0.00535. The highest BCUT2D eigenvalue weighted by molar-refractivity contribution is 5.89. The van der Waals surface area contributed by atoms with Gasteiger partial charge in [-0.15, -0.1) is 0 Å². The van der Waals surface area contributed by atoms with Gasteiger partial charge in [0.25, 0.3) is 0 Å². The molecular formula is C17H17N3O5. The normalized spacial score (nSPS) is 10.5. The van der Waals surface area contributed by atoms with Crippen molar-refractivity contribution in [3.63, 3.8) is 0 Å². The largest absolute Gasteiger partial charge is 0.485 e. The molecule has 0 unspecified atom stereocenters. The van der Waals surface area contributed by atoms with Gasteiger partial charge in [0.1, 0.15) is 0 Å². The van der Waals surface area contributed by atoms with Crippen molar-refractivity contribution in [1.82, 2.24) is 0 Å². The molecule has 0 amide bonds. The molecule has 0 spiro atoms. The molecule has 2 aromatic carbocycles. The lowest BCUT2D eigenvalue weighted by Crippen LogP contribution is -2.07. The molecule has 2 aromatic rings. The highest BCUT2D eigenvalue weighted by Crippen LogP contribution is 2.39. The van der Waals surface area contributed by atoms with Crippen LogP contribution in [-0.4, -0.2) is 23.7 Å². The number of hydrogen-bond acceptors (Lipinski definition) is 7. The summed E-state index contributed by atoms with van der Waals surface area (Å²) >= 11 is 0. The monoisotopic (exact) mass is 343 g/mol. The number of nitrogens with one attached hydrogen (secondary N) is 1. The van der Waals surface area contributed by atoms with Gasteiger partial charge in [0, 0.05) is 6.92 Å². The SMILES string of the molecule is CCOc1c(OC(C)=O)ccc(C=NNc2ccccc2)c1[N+](=O)[O-]. The van der Waals surface area contributed by atoms with E-state index < -0.39 is 10.9 Å². The summed E-state index contributed by atoms with van der Waals surface area (Å²) < 4.78 is 10.3. The number of nitro benzene ring substituents is 1. The molecule has 0 aliphatic heterocycles. The van der Waals surface area contributed by atoms with E-state index in [-0.39, 0.29) is 29.4 Å². The van der Waals surface area contributed by atoms with E-state index in [1.54, 1.807) is 19.1 Å². The molecule has 0 radical (unpaired) electrons. The molecule has 25 heavy (non-hydrogen) atoms. The number of anilines is 1. The summed E-state index contributed by atoms with van der Waals surface area (Å²) in [5, 5.41) is 15.5. The van der Waals surface area contributed by atoms with E-state index in [9.17, 15) is 14.9 Å². The molecule has 0 aliphatic carbocycles. The zero-order chi connectivity index (χ0) is 18.2. The second-order valence-corrected chi connectivity index (χ2v) is 4.85. The van der Waals surface area contributed by atoms with E-state index in [4.69, 9.17) is 9.47 Å². The Bertz CT molecular complexity index is 790. The van der Waals surface area contributed by atoms with E-state index in [1.807, 2.05) is 18.2 Å². The lowest BCUT2D eigenvalue weighted by Gasteiger charge is -2.11. The van der Waals surface area contributed by atoms with Crippen LogP contribution in [0.2, 0.25) is 0 Å². The minimum Gasteiger partial charge on any atom is -0.485 e. The maximum atomic E-state index is 11.5. The van der Waals surface area contributed by atoms with E-state index >= 15 is 0 Å². The first-order valence-corrected chi connectivity index (χ1v) is 7.49. The van der Waals surface area contributed by atoms with Gasteiger partial charge in [-0.2, -0.15) is 5.10 Å². The molecule has 0 fully saturated rings. The first kappa shape index (κ1) is 17.9. The van der Waals surface area contributed by atoms with Crippen LogP contribution in [0.5, 0.6) is 11.5 Å². The van der Waals surface area contributed by atoms with Crippen LogP contribution in [0, 0.1) is 10.1 Å². The zero-order valence-electron chi connectivity index (χ0n) is 13.8. The first-order valence-electron chi connectivity index (χ1n) is 7.49. The Labute approximate surface area is 144 Å². The van der Waals surface area contributed by atoms with Crippen LogP contribution in [0.15, 0.2) is 47.6 Å². The van der Waals surface area contributed by atoms with Crippen molar-refractivity contribution in [3.05, 3.63) is 58.1 Å². The van der Waals surface area contributed by atoms with Crippen LogP contribution >= 0.6 is 0 Å². The molecule has 1 N–H and O–H groups in total. The molecule has 0 aliphatic rings. The summed E-state index contributed by atoms with van der Waals surface area (Å²) in [5.41, 5.74) is 3.41. The lowest BCUT2D eigenvalue weighted by molar-refractivity contribution is -0.386. The van der Waals surface area contributed by atoms with Crippen molar-refractivity contribution in [2.24, 2.45) is 5.10 Å². The number of nitro groups is 1. The number of benzene rings is 2. The number of carbonyl (C=O) groups is 1. The van der Waals surface area contributed by atoms with Gasteiger partial charge < -0.3 is 9.47 Å². The second kappa shape index (κ2) is 8.44. The third kappa shape index (κ3) is 4.77. The van der Waals surface area contributed by atoms with Crippen molar-refractivity contribution >= 4 is 23.6 Å². The second-order valence-electron chi connectivity index (χ2n) is 4.85. The third-order valence-electron chi connectivity index (χ3n) is 3.02. The number of hydrazone groups is 1. The maximum absolute atomic E-state index is 11.5. The van der Waals surface area contributed by atoms with E-state index in [1.165, 1.54) is 25.3 Å². The summed E-state index contributed by atoms with van der Waals surface area (Å²) in [6.07, 6.45) is 1.31. The summed E-state index contributed by atoms with van der Waals surface area (Å²) in [6.45, 7) is 3.07. The fourth-order valence-electron chi connectivity index (χ4n) is 2.07. The van der Waals surface area contributed by atoms with Crippen LogP contribution < -0.4 is 14.9 Å². The molecule has 130 valence electrons. The van der Waals surface area contributed by atoms with Crippen LogP contribution in [-0.2, 0) is 4.79 Å². The van der Waals surface area contributed by atoms with Gasteiger partial charge in [0.15, 0.2) is 5.75 Å². The summed E-state index contributed by atoms with van der Waals surface area (Å²) in [7, 11) is 0. The fraction of sp³-hybridized carbons (Fsp3) is 0.176. The molecule has 0 saturated heterocycles. The van der Waals surface area contributed by atoms with Gasteiger partial charge in [-0.05, 0) is 31.2 Å². The predicted molar refractivity (Wildman–Crippen MR) is 93.2 cm³/mol. The predicted octanol–water partition coefficient (Wildman–Crippen LogP) is 3.36. The van der Waals surface area contributed by atoms with Crippen molar-refractivity contribution in [2.45, 2.75) is 13.8 Å². The van der Waals surface area contributed by atoms with Gasteiger partial charge in [-0.25, -0.2) is 0 Å². The van der Waals surface area contributed by atoms with Crippen LogP contribution in [0.3, 0.4) is 0 Å². The zero-order valence-corrected chi connectivity index (χ0v) is 13.8. The Morgan fingerprint density at radius 3 is 2.60 bits per heavy atom. The lowest BCUT2D eigenvalue weighted by atomic mass is 10.1. The summed E-state index contributed by atoms with van der Waals surface area (Å²) in [4.78, 5) is 22.1. The quantitative estimate of drug-likeness (QED) is 0.272. The number of ether oxygens (including phenoxy) is 2. The Kier molecular flexibility index (Phi) is 6.05. The highest BCUT2D eigenvalue weighted by atomic mass is 16.6. The molecule has 2 rings (SSSR count). The number of hydrogen-bond donors (Lipinski definition) is 1. The van der Waals surface area contributed by atoms with Gasteiger partial charge in [-0.3, -0.25) is 20.3 Å². The smallest absolute Gasteiger partial charge is 0.323 e. The van der Waals surface area contributed by atoms with Crippen molar-refractivity contribution in [3.8, 4) is 11.5 Å². The topological polar surface area (TPSA) is 103 Å².